The molecule has 0 aliphatic carbocycles. The number of hydrogen-bond donors (Lipinski definition) is 1. The SMILES string of the molecule is Cc1c(C)c(C)c(S(=O)(=O)Nc2c(C(C)C)cccc2C(C)C)c(C)c1C. The van der Waals surface area contributed by atoms with Crippen molar-refractivity contribution >= 4 is 15.7 Å². The van der Waals surface area contributed by atoms with Crippen LogP contribution in [0.1, 0.15) is 78.5 Å². The van der Waals surface area contributed by atoms with Crippen LogP contribution in [-0.4, -0.2) is 8.42 Å². The molecule has 27 heavy (non-hydrogen) atoms. The van der Waals surface area contributed by atoms with E-state index < -0.39 is 10.0 Å². The second kappa shape index (κ2) is 7.67. The van der Waals surface area contributed by atoms with Gasteiger partial charge in [0.2, 0.25) is 0 Å². The summed E-state index contributed by atoms with van der Waals surface area (Å²) in [6, 6.07) is 6.04. The van der Waals surface area contributed by atoms with Crippen LogP contribution in [-0.2, 0) is 10.0 Å². The third-order valence-electron chi connectivity index (χ3n) is 5.81. The number of nitrogens with one attached hydrogen (secondary N) is 1. The summed E-state index contributed by atoms with van der Waals surface area (Å²) in [4.78, 5) is 0.413. The van der Waals surface area contributed by atoms with Crippen molar-refractivity contribution in [2.75, 3.05) is 4.72 Å². The summed E-state index contributed by atoms with van der Waals surface area (Å²) < 4.78 is 30.0. The Labute approximate surface area is 165 Å². The Kier molecular flexibility index (Phi) is 6.10. The molecule has 0 saturated heterocycles. The van der Waals surface area contributed by atoms with Crippen molar-refractivity contribution in [3.8, 4) is 0 Å². The summed E-state index contributed by atoms with van der Waals surface area (Å²) in [5.74, 6) is 0.454. The van der Waals surface area contributed by atoms with Gasteiger partial charge in [-0.15, -0.1) is 0 Å². The van der Waals surface area contributed by atoms with E-state index in [0.717, 1.165) is 44.6 Å². The molecule has 0 aromatic heterocycles. The van der Waals surface area contributed by atoms with Crippen molar-refractivity contribution in [1.29, 1.82) is 0 Å². The first-order valence-electron chi connectivity index (χ1n) is 9.62. The molecule has 1 N–H and O–H groups in total. The van der Waals surface area contributed by atoms with E-state index in [4.69, 9.17) is 0 Å². The number of hydrogen-bond acceptors (Lipinski definition) is 2. The molecule has 0 spiro atoms. The summed E-state index contributed by atoms with van der Waals surface area (Å²) in [6.45, 7) is 18.2. The van der Waals surface area contributed by atoms with Crippen LogP contribution in [0.15, 0.2) is 23.1 Å². The van der Waals surface area contributed by atoms with Crippen LogP contribution in [0.2, 0.25) is 0 Å². The highest BCUT2D eigenvalue weighted by Crippen LogP contribution is 2.36. The standard InChI is InChI=1S/C23H33NO2S/c1-13(2)20-11-10-12-21(14(3)4)22(20)24-27(25,26)23-18(8)16(6)15(5)17(7)19(23)9/h10-14,24H,1-9H3. The number of sulfonamides is 1. The molecule has 0 saturated carbocycles. The van der Waals surface area contributed by atoms with E-state index >= 15 is 0 Å². The summed E-state index contributed by atoms with van der Waals surface area (Å²) >= 11 is 0. The fourth-order valence-corrected chi connectivity index (χ4v) is 5.44. The molecule has 4 heteroatoms. The topological polar surface area (TPSA) is 46.2 Å². The number of rotatable bonds is 5. The minimum atomic E-state index is -3.70. The van der Waals surface area contributed by atoms with Crippen LogP contribution >= 0.6 is 0 Å². The van der Waals surface area contributed by atoms with Crippen molar-refractivity contribution in [2.24, 2.45) is 0 Å². The van der Waals surface area contributed by atoms with Crippen LogP contribution in [0.4, 0.5) is 5.69 Å². The number of anilines is 1. The predicted octanol–water partition coefficient (Wildman–Crippen LogP) is 6.28. The first-order chi connectivity index (χ1) is 12.4. The van der Waals surface area contributed by atoms with E-state index in [-0.39, 0.29) is 11.8 Å². The minimum Gasteiger partial charge on any atom is -0.279 e. The third-order valence-corrected chi connectivity index (χ3v) is 7.43. The maximum Gasteiger partial charge on any atom is 0.262 e. The van der Waals surface area contributed by atoms with Gasteiger partial charge in [0.1, 0.15) is 0 Å². The maximum absolute atomic E-state index is 13.5. The Morgan fingerprint density at radius 1 is 0.704 bits per heavy atom. The van der Waals surface area contributed by atoms with Gasteiger partial charge >= 0.3 is 0 Å². The lowest BCUT2D eigenvalue weighted by atomic mass is 9.93. The van der Waals surface area contributed by atoms with Crippen molar-refractivity contribution in [2.45, 2.75) is 79.0 Å². The Morgan fingerprint density at radius 2 is 1.07 bits per heavy atom. The van der Waals surface area contributed by atoms with E-state index in [2.05, 4.69) is 39.3 Å². The zero-order chi connectivity index (χ0) is 20.7. The van der Waals surface area contributed by atoms with Gasteiger partial charge in [-0.3, -0.25) is 4.72 Å². The highest BCUT2D eigenvalue weighted by molar-refractivity contribution is 7.92. The molecule has 148 valence electrons. The smallest absolute Gasteiger partial charge is 0.262 e. The van der Waals surface area contributed by atoms with Gasteiger partial charge in [-0.05, 0) is 85.4 Å². The predicted molar refractivity (Wildman–Crippen MR) is 116 cm³/mol. The Balaban J connectivity index is 2.73. The summed E-state index contributed by atoms with van der Waals surface area (Å²) in [7, 11) is -3.70. The van der Waals surface area contributed by atoms with E-state index in [1.807, 2.05) is 45.9 Å². The lowest BCUT2D eigenvalue weighted by Gasteiger charge is -2.23. The summed E-state index contributed by atoms with van der Waals surface area (Å²) in [5.41, 5.74) is 7.69. The van der Waals surface area contributed by atoms with E-state index in [0.29, 0.717) is 4.90 Å². The molecule has 0 radical (unpaired) electrons. The highest BCUT2D eigenvalue weighted by atomic mass is 32.2. The molecule has 0 atom stereocenters. The first kappa shape index (κ1) is 21.5. The molecular weight excluding hydrogens is 354 g/mol. The van der Waals surface area contributed by atoms with Gasteiger partial charge in [0.05, 0.1) is 10.6 Å². The molecule has 0 aliphatic heterocycles. The minimum absolute atomic E-state index is 0.227. The number of benzene rings is 2. The summed E-state index contributed by atoms with van der Waals surface area (Å²) in [5, 5.41) is 0. The second-order valence-corrected chi connectivity index (χ2v) is 9.80. The maximum atomic E-state index is 13.5. The first-order valence-corrected chi connectivity index (χ1v) is 11.1. The van der Waals surface area contributed by atoms with Gasteiger partial charge in [-0.25, -0.2) is 8.42 Å². The third kappa shape index (κ3) is 3.91. The van der Waals surface area contributed by atoms with Crippen molar-refractivity contribution < 1.29 is 8.42 Å². The van der Waals surface area contributed by atoms with Crippen LogP contribution in [0, 0.1) is 34.6 Å². The van der Waals surface area contributed by atoms with Crippen molar-refractivity contribution in [1.82, 2.24) is 0 Å². The van der Waals surface area contributed by atoms with Gasteiger partial charge in [0, 0.05) is 0 Å². The molecule has 2 aromatic carbocycles. The van der Waals surface area contributed by atoms with Crippen molar-refractivity contribution in [3.63, 3.8) is 0 Å². The van der Waals surface area contributed by atoms with Crippen LogP contribution in [0.5, 0.6) is 0 Å². The van der Waals surface area contributed by atoms with Gasteiger partial charge in [0.25, 0.3) is 10.0 Å². The molecular formula is C23H33NO2S. The molecule has 0 aliphatic rings. The zero-order valence-corrected chi connectivity index (χ0v) is 18.9. The number of para-hydroxylation sites is 1. The monoisotopic (exact) mass is 387 g/mol. The molecule has 0 amide bonds. The molecule has 0 bridgehead atoms. The lowest BCUT2D eigenvalue weighted by molar-refractivity contribution is 0.599. The molecule has 3 nitrogen and oxygen atoms in total. The molecule has 2 rings (SSSR count). The quantitative estimate of drug-likeness (QED) is 0.656. The van der Waals surface area contributed by atoms with Crippen LogP contribution < -0.4 is 4.72 Å². The average molecular weight is 388 g/mol. The fraction of sp³-hybridized carbons (Fsp3) is 0.478. The van der Waals surface area contributed by atoms with E-state index in [1.165, 1.54) is 0 Å². The van der Waals surface area contributed by atoms with Gasteiger partial charge in [-0.2, -0.15) is 0 Å². The molecule has 2 aromatic rings. The Bertz CT molecular complexity index is 915. The average Bonchev–Trinajstić information content (AvgIpc) is 2.57. The molecule has 0 fully saturated rings. The highest BCUT2D eigenvalue weighted by Gasteiger charge is 2.26. The van der Waals surface area contributed by atoms with Crippen molar-refractivity contribution in [3.05, 3.63) is 57.1 Å². The fourth-order valence-electron chi connectivity index (χ4n) is 3.72. The second-order valence-electron chi connectivity index (χ2n) is 8.18. The zero-order valence-electron chi connectivity index (χ0n) is 18.1. The van der Waals surface area contributed by atoms with E-state index in [1.54, 1.807) is 0 Å². The lowest BCUT2D eigenvalue weighted by Crippen LogP contribution is -2.20. The van der Waals surface area contributed by atoms with E-state index in [9.17, 15) is 8.42 Å². The van der Waals surface area contributed by atoms with Gasteiger partial charge in [-0.1, -0.05) is 45.9 Å². The van der Waals surface area contributed by atoms with Crippen LogP contribution in [0.3, 0.4) is 0 Å². The molecule has 0 heterocycles. The summed E-state index contributed by atoms with van der Waals surface area (Å²) in [6.07, 6.45) is 0. The Hall–Kier alpha value is -1.81. The van der Waals surface area contributed by atoms with Crippen LogP contribution in [0.25, 0.3) is 0 Å². The largest absolute Gasteiger partial charge is 0.279 e. The normalized spacial score (nSPS) is 12.1. The van der Waals surface area contributed by atoms with Gasteiger partial charge in [0.15, 0.2) is 0 Å². The molecule has 0 unspecified atom stereocenters. The van der Waals surface area contributed by atoms with Gasteiger partial charge < -0.3 is 0 Å². The Morgan fingerprint density at radius 3 is 1.44 bits per heavy atom.